The Morgan fingerprint density at radius 2 is 0.969 bits per heavy atom. The number of carbonyl (C=O) groups is 2. The monoisotopic (exact) mass is 418 g/mol. The number of aromatic nitrogens is 2. The summed E-state index contributed by atoms with van der Waals surface area (Å²) in [7, 11) is 0. The standard InChI is InChI=1S/C26H18N4O2/c31-25(19-13-17-7-1-3-9-21(17)27-15-19)29-23-11-5-6-12-24(23)30-26(32)20-14-18-8-2-4-10-22(18)28-16-20/h1-16H,(H,29,31)(H,30,32). The van der Waals surface area contributed by atoms with Gasteiger partial charge in [0, 0.05) is 23.2 Å². The summed E-state index contributed by atoms with van der Waals surface area (Å²) in [5, 5.41) is 7.50. The zero-order valence-corrected chi connectivity index (χ0v) is 16.9. The second-order valence-corrected chi connectivity index (χ2v) is 7.29. The molecule has 0 saturated carbocycles. The Labute approximate surface area is 184 Å². The Balaban J connectivity index is 1.38. The summed E-state index contributed by atoms with van der Waals surface area (Å²) in [6.07, 6.45) is 3.08. The van der Waals surface area contributed by atoms with Gasteiger partial charge in [-0.3, -0.25) is 19.6 Å². The molecule has 2 amide bonds. The van der Waals surface area contributed by atoms with Crippen LogP contribution in [0.25, 0.3) is 21.8 Å². The fourth-order valence-electron chi connectivity index (χ4n) is 3.48. The molecule has 0 radical (unpaired) electrons. The molecule has 2 aromatic heterocycles. The van der Waals surface area contributed by atoms with Crippen LogP contribution in [0.3, 0.4) is 0 Å². The molecular formula is C26H18N4O2. The van der Waals surface area contributed by atoms with E-state index in [-0.39, 0.29) is 11.8 Å². The number of benzene rings is 3. The van der Waals surface area contributed by atoms with Crippen molar-refractivity contribution in [1.82, 2.24) is 9.97 Å². The van der Waals surface area contributed by atoms with Crippen molar-refractivity contribution in [3.05, 3.63) is 108 Å². The molecule has 3 aromatic carbocycles. The molecule has 32 heavy (non-hydrogen) atoms. The fourth-order valence-corrected chi connectivity index (χ4v) is 3.48. The van der Waals surface area contributed by atoms with Gasteiger partial charge in [-0.05, 0) is 36.4 Å². The van der Waals surface area contributed by atoms with Gasteiger partial charge in [0.1, 0.15) is 0 Å². The van der Waals surface area contributed by atoms with E-state index >= 15 is 0 Å². The Bertz CT molecular complexity index is 1370. The van der Waals surface area contributed by atoms with Gasteiger partial charge in [0.25, 0.3) is 11.8 Å². The molecule has 0 atom stereocenters. The molecule has 0 bridgehead atoms. The maximum Gasteiger partial charge on any atom is 0.257 e. The maximum absolute atomic E-state index is 12.8. The van der Waals surface area contributed by atoms with Crippen molar-refractivity contribution >= 4 is 45.0 Å². The minimum Gasteiger partial charge on any atom is -0.320 e. The minimum atomic E-state index is -0.308. The van der Waals surface area contributed by atoms with Crippen LogP contribution in [-0.2, 0) is 0 Å². The number of rotatable bonds is 4. The van der Waals surface area contributed by atoms with E-state index in [1.54, 1.807) is 48.8 Å². The van der Waals surface area contributed by atoms with E-state index in [9.17, 15) is 9.59 Å². The molecule has 5 rings (SSSR count). The largest absolute Gasteiger partial charge is 0.320 e. The fraction of sp³-hybridized carbons (Fsp3) is 0. The molecule has 154 valence electrons. The number of fused-ring (bicyclic) bond motifs is 2. The van der Waals surface area contributed by atoms with Crippen molar-refractivity contribution < 1.29 is 9.59 Å². The van der Waals surface area contributed by atoms with Crippen LogP contribution < -0.4 is 10.6 Å². The Hall–Kier alpha value is -4.58. The highest BCUT2D eigenvalue weighted by molar-refractivity contribution is 6.11. The summed E-state index contributed by atoms with van der Waals surface area (Å²) >= 11 is 0. The van der Waals surface area contributed by atoms with Crippen LogP contribution in [0.4, 0.5) is 11.4 Å². The summed E-state index contributed by atoms with van der Waals surface area (Å²) < 4.78 is 0. The topological polar surface area (TPSA) is 84.0 Å². The van der Waals surface area contributed by atoms with Gasteiger partial charge in [-0.2, -0.15) is 0 Å². The van der Waals surface area contributed by atoms with Gasteiger partial charge >= 0.3 is 0 Å². The summed E-state index contributed by atoms with van der Waals surface area (Å²) in [5.41, 5.74) is 3.49. The van der Waals surface area contributed by atoms with Crippen LogP contribution in [-0.4, -0.2) is 21.8 Å². The molecule has 0 fully saturated rings. The predicted molar refractivity (Wildman–Crippen MR) is 126 cm³/mol. The predicted octanol–water partition coefficient (Wildman–Crippen LogP) is 5.29. The van der Waals surface area contributed by atoms with Gasteiger partial charge < -0.3 is 10.6 Å². The normalized spacial score (nSPS) is 10.8. The first-order valence-electron chi connectivity index (χ1n) is 10.1. The summed E-state index contributed by atoms with van der Waals surface area (Å²) in [6, 6.07) is 25.8. The van der Waals surface area contributed by atoms with E-state index in [0.29, 0.717) is 22.5 Å². The number of para-hydroxylation sites is 4. The third kappa shape index (κ3) is 3.89. The van der Waals surface area contributed by atoms with E-state index in [1.165, 1.54) is 0 Å². The highest BCUT2D eigenvalue weighted by Crippen LogP contribution is 2.23. The summed E-state index contributed by atoms with van der Waals surface area (Å²) in [6.45, 7) is 0. The molecule has 5 aromatic rings. The molecule has 0 spiro atoms. The average Bonchev–Trinajstić information content (AvgIpc) is 2.84. The van der Waals surface area contributed by atoms with Gasteiger partial charge in [0.15, 0.2) is 0 Å². The van der Waals surface area contributed by atoms with E-state index < -0.39 is 0 Å². The quantitative estimate of drug-likeness (QED) is 0.415. The maximum atomic E-state index is 12.8. The first-order valence-corrected chi connectivity index (χ1v) is 10.1. The van der Waals surface area contributed by atoms with Crippen LogP contribution >= 0.6 is 0 Å². The highest BCUT2D eigenvalue weighted by Gasteiger charge is 2.13. The highest BCUT2D eigenvalue weighted by atomic mass is 16.2. The summed E-state index contributed by atoms with van der Waals surface area (Å²) in [5.74, 6) is -0.616. The second-order valence-electron chi connectivity index (χ2n) is 7.29. The first-order chi connectivity index (χ1) is 15.7. The molecule has 0 unspecified atom stereocenters. The Morgan fingerprint density at radius 1 is 0.562 bits per heavy atom. The lowest BCUT2D eigenvalue weighted by molar-refractivity contribution is 0.101. The molecule has 2 heterocycles. The number of amides is 2. The molecule has 0 saturated heterocycles. The van der Waals surface area contributed by atoms with Crippen molar-refractivity contribution in [2.24, 2.45) is 0 Å². The van der Waals surface area contributed by atoms with E-state index in [2.05, 4.69) is 20.6 Å². The number of nitrogens with zero attached hydrogens (tertiary/aromatic N) is 2. The molecular weight excluding hydrogens is 400 g/mol. The SMILES string of the molecule is O=C(Nc1ccccc1NC(=O)c1cnc2ccccc2c1)c1cnc2ccccc2c1. The molecule has 6 heteroatoms. The van der Waals surface area contributed by atoms with Gasteiger partial charge in [0.05, 0.1) is 33.5 Å². The number of nitrogens with one attached hydrogen (secondary N) is 2. The van der Waals surface area contributed by atoms with Crippen molar-refractivity contribution in [3.8, 4) is 0 Å². The van der Waals surface area contributed by atoms with Crippen molar-refractivity contribution in [1.29, 1.82) is 0 Å². The zero-order chi connectivity index (χ0) is 21.9. The zero-order valence-electron chi connectivity index (χ0n) is 16.9. The minimum absolute atomic E-state index is 0.308. The summed E-state index contributed by atoms with van der Waals surface area (Å²) in [4.78, 5) is 34.4. The Morgan fingerprint density at radius 3 is 1.44 bits per heavy atom. The molecule has 0 aliphatic heterocycles. The molecule has 2 N–H and O–H groups in total. The van der Waals surface area contributed by atoms with Crippen molar-refractivity contribution in [2.75, 3.05) is 10.6 Å². The van der Waals surface area contributed by atoms with Crippen LogP contribution in [0.2, 0.25) is 0 Å². The van der Waals surface area contributed by atoms with Crippen LogP contribution in [0, 0.1) is 0 Å². The van der Waals surface area contributed by atoms with E-state index in [0.717, 1.165) is 21.8 Å². The first kappa shape index (κ1) is 19.4. The number of pyridine rings is 2. The van der Waals surface area contributed by atoms with Gasteiger partial charge in [-0.25, -0.2) is 0 Å². The molecule has 6 nitrogen and oxygen atoms in total. The van der Waals surface area contributed by atoms with E-state index in [1.807, 2.05) is 48.5 Å². The third-order valence-corrected chi connectivity index (χ3v) is 5.13. The lowest BCUT2D eigenvalue weighted by Gasteiger charge is -2.13. The second kappa shape index (κ2) is 8.28. The van der Waals surface area contributed by atoms with Gasteiger partial charge in [0.2, 0.25) is 0 Å². The lowest BCUT2D eigenvalue weighted by Crippen LogP contribution is -2.17. The number of hydrogen-bond donors (Lipinski definition) is 2. The molecule has 0 aliphatic rings. The lowest BCUT2D eigenvalue weighted by atomic mass is 10.1. The number of hydrogen-bond acceptors (Lipinski definition) is 4. The number of anilines is 2. The van der Waals surface area contributed by atoms with Crippen LogP contribution in [0.1, 0.15) is 20.7 Å². The van der Waals surface area contributed by atoms with E-state index in [4.69, 9.17) is 0 Å². The third-order valence-electron chi connectivity index (χ3n) is 5.13. The Kier molecular flexibility index (Phi) is 5.01. The van der Waals surface area contributed by atoms with Crippen molar-refractivity contribution in [2.45, 2.75) is 0 Å². The van der Waals surface area contributed by atoms with Crippen LogP contribution in [0.5, 0.6) is 0 Å². The van der Waals surface area contributed by atoms with Gasteiger partial charge in [-0.1, -0.05) is 48.5 Å². The van der Waals surface area contributed by atoms with Crippen LogP contribution in [0.15, 0.2) is 97.3 Å². The smallest absolute Gasteiger partial charge is 0.257 e. The van der Waals surface area contributed by atoms with Crippen molar-refractivity contribution in [3.63, 3.8) is 0 Å². The average molecular weight is 418 g/mol. The van der Waals surface area contributed by atoms with Gasteiger partial charge in [-0.15, -0.1) is 0 Å². The molecule has 0 aliphatic carbocycles. The number of carbonyl (C=O) groups excluding carboxylic acids is 2.